The van der Waals surface area contributed by atoms with Crippen molar-refractivity contribution >= 4 is 0 Å². The van der Waals surface area contributed by atoms with E-state index in [4.69, 9.17) is 4.74 Å². The van der Waals surface area contributed by atoms with Crippen molar-refractivity contribution in [3.05, 3.63) is 28.7 Å². The molecule has 1 fully saturated rings. The maximum atomic E-state index is 11.4. The molecule has 5 heteroatoms. The highest BCUT2D eigenvalue weighted by Gasteiger charge is 2.09. The van der Waals surface area contributed by atoms with Gasteiger partial charge < -0.3 is 4.74 Å². The molecule has 1 aromatic rings. The summed E-state index contributed by atoms with van der Waals surface area (Å²) in [5.74, 6) is 0. The first kappa shape index (κ1) is 12.3. The topological polar surface area (TPSA) is 47.4 Å². The maximum absolute atomic E-state index is 11.4. The number of aryl methyl sites for hydroxylation is 1. The quantitative estimate of drug-likeness (QED) is 0.694. The van der Waals surface area contributed by atoms with Gasteiger partial charge in [0.05, 0.1) is 13.2 Å². The largest absolute Gasteiger partial charge is 0.379 e. The Balaban J connectivity index is 1.66. The number of nitrogens with zero attached hydrogens (tertiary/aromatic N) is 3. The zero-order chi connectivity index (χ0) is 11.9. The standard InChI is InChI=1S/C12H19N3O2/c16-12-4-3-5-13-15(12)7-2-1-6-14-8-10-17-11-9-14/h3-5H,1-2,6-11H2. The summed E-state index contributed by atoms with van der Waals surface area (Å²) >= 11 is 0. The predicted molar refractivity (Wildman–Crippen MR) is 65.0 cm³/mol. The van der Waals surface area contributed by atoms with Crippen molar-refractivity contribution in [2.24, 2.45) is 0 Å². The third kappa shape index (κ3) is 3.94. The molecule has 5 nitrogen and oxygen atoms in total. The zero-order valence-electron chi connectivity index (χ0n) is 10.0. The van der Waals surface area contributed by atoms with E-state index in [2.05, 4.69) is 10.00 Å². The van der Waals surface area contributed by atoms with Gasteiger partial charge in [-0.15, -0.1) is 0 Å². The lowest BCUT2D eigenvalue weighted by Gasteiger charge is -2.26. The molecule has 94 valence electrons. The Kier molecular flexibility index (Phi) is 4.70. The van der Waals surface area contributed by atoms with Crippen LogP contribution in [0.5, 0.6) is 0 Å². The van der Waals surface area contributed by atoms with Gasteiger partial charge in [0.25, 0.3) is 5.56 Å². The van der Waals surface area contributed by atoms with E-state index in [9.17, 15) is 4.79 Å². The lowest BCUT2D eigenvalue weighted by molar-refractivity contribution is 0.0370. The molecule has 0 aromatic carbocycles. The van der Waals surface area contributed by atoms with Gasteiger partial charge in [0.1, 0.15) is 0 Å². The summed E-state index contributed by atoms with van der Waals surface area (Å²) in [6.45, 7) is 5.56. The number of unbranched alkanes of at least 4 members (excludes halogenated alkanes) is 1. The third-order valence-corrected chi connectivity index (χ3v) is 2.98. The normalized spacial score (nSPS) is 17.2. The molecule has 17 heavy (non-hydrogen) atoms. The van der Waals surface area contributed by atoms with Gasteiger partial charge in [-0.05, 0) is 25.5 Å². The Morgan fingerprint density at radius 1 is 1.24 bits per heavy atom. The minimum atomic E-state index is -0.0149. The summed E-state index contributed by atoms with van der Waals surface area (Å²) in [5, 5.41) is 4.03. The van der Waals surface area contributed by atoms with E-state index >= 15 is 0 Å². The van der Waals surface area contributed by atoms with Crippen LogP contribution in [0.4, 0.5) is 0 Å². The number of rotatable bonds is 5. The summed E-state index contributed by atoms with van der Waals surface area (Å²) in [5.41, 5.74) is -0.0149. The van der Waals surface area contributed by atoms with Gasteiger partial charge in [0.2, 0.25) is 0 Å². The van der Waals surface area contributed by atoms with E-state index in [1.807, 2.05) is 0 Å². The summed E-state index contributed by atoms with van der Waals surface area (Å²) in [6.07, 6.45) is 3.75. The first-order chi connectivity index (χ1) is 8.36. The van der Waals surface area contributed by atoms with E-state index in [0.29, 0.717) is 6.54 Å². The van der Waals surface area contributed by atoms with Crippen molar-refractivity contribution in [1.29, 1.82) is 0 Å². The van der Waals surface area contributed by atoms with Crippen LogP contribution < -0.4 is 5.56 Å². The number of ether oxygens (including phenoxy) is 1. The molecule has 2 rings (SSSR count). The van der Waals surface area contributed by atoms with E-state index in [-0.39, 0.29) is 5.56 Å². The lowest BCUT2D eigenvalue weighted by atomic mass is 10.2. The van der Waals surface area contributed by atoms with Crippen LogP contribution in [0.1, 0.15) is 12.8 Å². The number of morpholine rings is 1. The highest BCUT2D eigenvalue weighted by molar-refractivity contribution is 4.84. The molecular formula is C12H19N3O2. The monoisotopic (exact) mass is 237 g/mol. The SMILES string of the molecule is O=c1cccnn1CCCCN1CCOCC1. The van der Waals surface area contributed by atoms with Crippen LogP contribution in [0.3, 0.4) is 0 Å². The van der Waals surface area contributed by atoms with Crippen molar-refractivity contribution in [3.8, 4) is 0 Å². The van der Waals surface area contributed by atoms with Gasteiger partial charge in [-0.1, -0.05) is 0 Å². The highest BCUT2D eigenvalue weighted by atomic mass is 16.5. The Morgan fingerprint density at radius 3 is 2.76 bits per heavy atom. The fraction of sp³-hybridized carbons (Fsp3) is 0.667. The second-order valence-electron chi connectivity index (χ2n) is 4.25. The van der Waals surface area contributed by atoms with Crippen molar-refractivity contribution in [3.63, 3.8) is 0 Å². The maximum Gasteiger partial charge on any atom is 0.266 e. The molecule has 0 radical (unpaired) electrons. The molecule has 0 amide bonds. The van der Waals surface area contributed by atoms with Crippen LogP contribution in [0.25, 0.3) is 0 Å². The van der Waals surface area contributed by atoms with E-state index < -0.39 is 0 Å². The predicted octanol–water partition coefficient (Wildman–Crippen LogP) is 0.356. The lowest BCUT2D eigenvalue weighted by Crippen LogP contribution is -2.36. The zero-order valence-corrected chi connectivity index (χ0v) is 10.0. The molecule has 0 atom stereocenters. The van der Waals surface area contributed by atoms with Crippen LogP contribution in [-0.4, -0.2) is 47.5 Å². The number of aromatic nitrogens is 2. The Bertz CT molecular complexity index is 385. The first-order valence-electron chi connectivity index (χ1n) is 6.18. The van der Waals surface area contributed by atoms with Gasteiger partial charge in [-0.2, -0.15) is 5.10 Å². The second kappa shape index (κ2) is 6.51. The Labute approximate surface area is 101 Å². The van der Waals surface area contributed by atoms with E-state index in [0.717, 1.165) is 45.7 Å². The van der Waals surface area contributed by atoms with Crippen LogP contribution >= 0.6 is 0 Å². The van der Waals surface area contributed by atoms with Crippen LogP contribution in [0.2, 0.25) is 0 Å². The molecular weight excluding hydrogens is 218 g/mol. The van der Waals surface area contributed by atoms with E-state index in [1.165, 1.54) is 4.68 Å². The number of hydrogen-bond acceptors (Lipinski definition) is 4. The smallest absolute Gasteiger partial charge is 0.266 e. The summed E-state index contributed by atoms with van der Waals surface area (Å²) in [7, 11) is 0. The van der Waals surface area contributed by atoms with Gasteiger partial charge in [0.15, 0.2) is 0 Å². The third-order valence-electron chi connectivity index (χ3n) is 2.98. The summed E-state index contributed by atoms with van der Waals surface area (Å²) < 4.78 is 6.82. The summed E-state index contributed by atoms with van der Waals surface area (Å²) in [6, 6.07) is 3.22. The van der Waals surface area contributed by atoms with Gasteiger partial charge >= 0.3 is 0 Å². The van der Waals surface area contributed by atoms with Crippen molar-refractivity contribution in [2.45, 2.75) is 19.4 Å². The van der Waals surface area contributed by atoms with Crippen LogP contribution in [0.15, 0.2) is 23.1 Å². The molecule has 0 unspecified atom stereocenters. The van der Waals surface area contributed by atoms with Crippen LogP contribution in [-0.2, 0) is 11.3 Å². The fourth-order valence-corrected chi connectivity index (χ4v) is 1.98. The molecule has 1 aromatic heterocycles. The molecule has 0 saturated carbocycles. The van der Waals surface area contributed by atoms with Gasteiger partial charge in [0, 0.05) is 31.9 Å². The van der Waals surface area contributed by atoms with E-state index in [1.54, 1.807) is 18.3 Å². The van der Waals surface area contributed by atoms with Crippen molar-refractivity contribution < 1.29 is 4.74 Å². The average molecular weight is 237 g/mol. The molecule has 0 N–H and O–H groups in total. The molecule has 1 aliphatic rings. The molecule has 0 aliphatic carbocycles. The average Bonchev–Trinajstić information content (AvgIpc) is 2.38. The molecule has 1 aliphatic heterocycles. The fourth-order valence-electron chi connectivity index (χ4n) is 1.98. The Hall–Kier alpha value is -1.20. The molecule has 2 heterocycles. The van der Waals surface area contributed by atoms with Gasteiger partial charge in [-0.25, -0.2) is 4.68 Å². The molecule has 0 spiro atoms. The Morgan fingerprint density at radius 2 is 2.00 bits per heavy atom. The van der Waals surface area contributed by atoms with Crippen molar-refractivity contribution in [1.82, 2.24) is 14.7 Å². The molecule has 0 bridgehead atoms. The molecule has 1 saturated heterocycles. The van der Waals surface area contributed by atoms with Gasteiger partial charge in [-0.3, -0.25) is 9.69 Å². The second-order valence-corrected chi connectivity index (χ2v) is 4.25. The number of hydrogen-bond donors (Lipinski definition) is 0. The summed E-state index contributed by atoms with van der Waals surface area (Å²) in [4.78, 5) is 13.8. The first-order valence-corrected chi connectivity index (χ1v) is 6.18. The van der Waals surface area contributed by atoms with Crippen molar-refractivity contribution in [2.75, 3.05) is 32.8 Å². The minimum absolute atomic E-state index is 0.0149. The van der Waals surface area contributed by atoms with Crippen LogP contribution in [0, 0.1) is 0 Å². The minimum Gasteiger partial charge on any atom is -0.379 e. The highest BCUT2D eigenvalue weighted by Crippen LogP contribution is 2.00.